The molecule has 1 rings (SSSR count). The van der Waals surface area contributed by atoms with Crippen LogP contribution in [0.4, 0.5) is 0 Å². The van der Waals surface area contributed by atoms with Crippen molar-refractivity contribution in [2.45, 2.75) is 13.4 Å². The number of hydrogen-bond acceptors (Lipinski definition) is 3. The van der Waals surface area contributed by atoms with Crippen LogP contribution in [0.1, 0.15) is 6.92 Å². The maximum atomic E-state index is 5.34. The second kappa shape index (κ2) is 5.56. The molecular formula is C10H13O3. The highest BCUT2D eigenvalue weighted by atomic mass is 16.8. The number of rotatable bonds is 5. The zero-order valence-electron chi connectivity index (χ0n) is 7.82. The highest BCUT2D eigenvalue weighted by molar-refractivity contribution is 5.20. The first-order valence-electron chi connectivity index (χ1n) is 4.14. The molecule has 71 valence electrons. The van der Waals surface area contributed by atoms with E-state index in [2.05, 4.69) is 6.07 Å². The average molecular weight is 181 g/mol. The summed E-state index contributed by atoms with van der Waals surface area (Å²) in [5.74, 6) is 0.707. The minimum absolute atomic E-state index is 0.553. The molecule has 1 aromatic rings. The van der Waals surface area contributed by atoms with Crippen LogP contribution in [0.25, 0.3) is 0 Å². The van der Waals surface area contributed by atoms with Gasteiger partial charge >= 0.3 is 6.48 Å². The Kier molecular flexibility index (Phi) is 4.29. The molecule has 0 saturated heterocycles. The van der Waals surface area contributed by atoms with Crippen molar-refractivity contribution in [2.24, 2.45) is 0 Å². The molecule has 0 aliphatic rings. The molecule has 0 aliphatic carbocycles. The fourth-order valence-corrected chi connectivity index (χ4v) is 0.848. The zero-order chi connectivity index (χ0) is 9.52. The van der Waals surface area contributed by atoms with Crippen LogP contribution in [-0.2, 0) is 9.47 Å². The summed E-state index contributed by atoms with van der Waals surface area (Å²) in [6, 6.07) is 10.0. The molecule has 0 aliphatic heterocycles. The van der Waals surface area contributed by atoms with E-state index in [1.165, 1.54) is 7.11 Å². The number of methoxy groups -OCH3 is 1. The lowest BCUT2D eigenvalue weighted by molar-refractivity contribution is -0.231. The first kappa shape index (κ1) is 10.0. The van der Waals surface area contributed by atoms with Gasteiger partial charge in [0.1, 0.15) is 5.75 Å². The maximum Gasteiger partial charge on any atom is 0.315 e. The van der Waals surface area contributed by atoms with Crippen molar-refractivity contribution >= 4 is 0 Å². The molecule has 0 amide bonds. The Hall–Kier alpha value is -1.06. The third-order valence-corrected chi connectivity index (χ3v) is 1.42. The van der Waals surface area contributed by atoms with E-state index in [1.54, 1.807) is 24.3 Å². The summed E-state index contributed by atoms with van der Waals surface area (Å²) >= 11 is 0. The van der Waals surface area contributed by atoms with Crippen molar-refractivity contribution in [3.63, 3.8) is 0 Å². The molecule has 3 nitrogen and oxygen atoms in total. The summed E-state index contributed by atoms with van der Waals surface area (Å²) in [6.07, 6.45) is 0. The minimum atomic E-state index is -0.632. The number of hydrogen-bond donors (Lipinski definition) is 0. The Bertz CT molecular complexity index is 223. The van der Waals surface area contributed by atoms with E-state index in [9.17, 15) is 0 Å². The van der Waals surface area contributed by atoms with Gasteiger partial charge in [0.15, 0.2) is 0 Å². The molecular weight excluding hydrogens is 168 g/mol. The Morgan fingerprint density at radius 1 is 1.38 bits per heavy atom. The van der Waals surface area contributed by atoms with Gasteiger partial charge in [0.2, 0.25) is 0 Å². The largest absolute Gasteiger partial charge is 0.441 e. The summed E-state index contributed by atoms with van der Waals surface area (Å²) in [6.45, 7) is 1.80. The topological polar surface area (TPSA) is 27.7 Å². The summed E-state index contributed by atoms with van der Waals surface area (Å²) in [5.41, 5.74) is 0. The van der Waals surface area contributed by atoms with Crippen LogP contribution in [-0.4, -0.2) is 20.2 Å². The van der Waals surface area contributed by atoms with Gasteiger partial charge in [-0.1, -0.05) is 12.1 Å². The van der Waals surface area contributed by atoms with E-state index in [1.807, 2.05) is 6.92 Å². The molecule has 0 fully saturated rings. The monoisotopic (exact) mass is 181 g/mol. The fraction of sp³-hybridized carbons (Fsp3) is 0.400. The average Bonchev–Trinajstić information content (AvgIpc) is 2.19. The fourth-order valence-electron chi connectivity index (χ4n) is 0.848. The lowest BCUT2D eigenvalue weighted by Gasteiger charge is -2.16. The first-order chi connectivity index (χ1) is 6.36. The van der Waals surface area contributed by atoms with Crippen molar-refractivity contribution in [3.05, 3.63) is 30.3 Å². The van der Waals surface area contributed by atoms with Crippen LogP contribution in [0.5, 0.6) is 5.75 Å². The minimum Gasteiger partial charge on any atom is -0.441 e. The third kappa shape index (κ3) is 3.44. The Morgan fingerprint density at radius 3 is 2.62 bits per heavy atom. The van der Waals surface area contributed by atoms with E-state index in [0.717, 1.165) is 0 Å². The van der Waals surface area contributed by atoms with Crippen molar-refractivity contribution in [1.29, 1.82) is 0 Å². The second-order valence-electron chi connectivity index (χ2n) is 2.33. The molecule has 0 bridgehead atoms. The van der Waals surface area contributed by atoms with Crippen LogP contribution in [0.3, 0.4) is 0 Å². The molecule has 0 N–H and O–H groups in total. The second-order valence-corrected chi connectivity index (χ2v) is 2.33. The van der Waals surface area contributed by atoms with Crippen molar-refractivity contribution < 1.29 is 14.2 Å². The van der Waals surface area contributed by atoms with Crippen LogP contribution < -0.4 is 4.74 Å². The van der Waals surface area contributed by atoms with Gasteiger partial charge in [-0.25, -0.2) is 0 Å². The molecule has 0 aromatic heterocycles. The van der Waals surface area contributed by atoms with Gasteiger partial charge in [-0.15, -0.1) is 0 Å². The lowest BCUT2D eigenvalue weighted by Crippen LogP contribution is -2.22. The zero-order valence-corrected chi connectivity index (χ0v) is 7.82. The Morgan fingerprint density at radius 2 is 2.08 bits per heavy atom. The van der Waals surface area contributed by atoms with Gasteiger partial charge in [-0.2, -0.15) is 0 Å². The molecule has 1 radical (unpaired) electrons. The van der Waals surface area contributed by atoms with E-state index in [0.29, 0.717) is 12.4 Å². The quantitative estimate of drug-likeness (QED) is 0.648. The first-order valence-corrected chi connectivity index (χ1v) is 4.14. The lowest BCUT2D eigenvalue weighted by atomic mass is 10.3. The number of ether oxygens (including phenoxy) is 3. The molecule has 13 heavy (non-hydrogen) atoms. The number of benzene rings is 1. The van der Waals surface area contributed by atoms with E-state index >= 15 is 0 Å². The molecule has 1 atom stereocenters. The highest BCUT2D eigenvalue weighted by Crippen LogP contribution is 2.11. The van der Waals surface area contributed by atoms with E-state index < -0.39 is 6.48 Å². The highest BCUT2D eigenvalue weighted by Gasteiger charge is 2.06. The standard InChI is InChI=1S/C10H13O3/c1-3-12-10(11-2)13-9-7-5-4-6-8-9/h5-8,10H,3H2,1-2H3. The van der Waals surface area contributed by atoms with Gasteiger partial charge in [0.25, 0.3) is 0 Å². The third-order valence-electron chi connectivity index (χ3n) is 1.42. The summed E-state index contributed by atoms with van der Waals surface area (Å²) in [4.78, 5) is 0. The normalized spacial score (nSPS) is 12.5. The summed E-state index contributed by atoms with van der Waals surface area (Å²) in [7, 11) is 1.54. The molecule has 1 aromatic carbocycles. The smallest absolute Gasteiger partial charge is 0.315 e. The van der Waals surface area contributed by atoms with Crippen molar-refractivity contribution in [2.75, 3.05) is 13.7 Å². The van der Waals surface area contributed by atoms with Gasteiger partial charge in [0.05, 0.1) is 6.61 Å². The van der Waals surface area contributed by atoms with E-state index in [-0.39, 0.29) is 0 Å². The van der Waals surface area contributed by atoms with E-state index in [4.69, 9.17) is 14.2 Å². The maximum absolute atomic E-state index is 5.34. The Balaban J connectivity index is 2.46. The van der Waals surface area contributed by atoms with Gasteiger partial charge in [0, 0.05) is 7.11 Å². The van der Waals surface area contributed by atoms with Crippen molar-refractivity contribution in [3.8, 4) is 5.75 Å². The molecule has 0 heterocycles. The Labute approximate surface area is 78.2 Å². The van der Waals surface area contributed by atoms with Gasteiger partial charge in [-0.3, -0.25) is 0 Å². The predicted octanol–water partition coefficient (Wildman–Crippen LogP) is 1.83. The SMILES string of the molecule is CCOC(OC)Oc1cc[c]cc1. The molecule has 1 unspecified atom stereocenters. The van der Waals surface area contributed by atoms with Crippen LogP contribution in [0.15, 0.2) is 24.3 Å². The summed E-state index contributed by atoms with van der Waals surface area (Å²) < 4.78 is 15.4. The van der Waals surface area contributed by atoms with Crippen LogP contribution in [0, 0.1) is 6.07 Å². The predicted molar refractivity (Wildman–Crippen MR) is 48.3 cm³/mol. The molecule has 3 heteroatoms. The molecule has 0 spiro atoms. The molecule has 0 saturated carbocycles. The van der Waals surface area contributed by atoms with Crippen molar-refractivity contribution in [1.82, 2.24) is 0 Å². The summed E-state index contributed by atoms with van der Waals surface area (Å²) in [5, 5.41) is 0. The van der Waals surface area contributed by atoms with Gasteiger partial charge in [-0.05, 0) is 25.1 Å². The van der Waals surface area contributed by atoms with Crippen LogP contribution in [0.2, 0.25) is 0 Å². The van der Waals surface area contributed by atoms with Gasteiger partial charge < -0.3 is 14.2 Å². The van der Waals surface area contributed by atoms with Crippen LogP contribution >= 0.6 is 0 Å².